The van der Waals surface area contributed by atoms with Gasteiger partial charge in [0.2, 0.25) is 5.95 Å². The molecule has 4 aromatic heterocycles. The Morgan fingerprint density at radius 1 is 0.373 bits per heavy atom. The molecule has 4 heterocycles. The maximum atomic E-state index is 6.34. The summed E-state index contributed by atoms with van der Waals surface area (Å²) in [6.07, 6.45) is 0. The molecule has 0 atom stereocenters. The standard InChI is InChI=1S/C45H26N4O2/c1-2-13-27(14-3-1)43-46-44(34-21-12-26-39-41(34)33-17-6-9-24-37(33)51-39)48-45(47-43)49-35-22-7-4-15-28(35)30-19-10-20-31(42(30)49)29-18-11-25-38-40(29)32-16-5-8-23-36(32)50-38/h1-26H. The molecule has 11 aromatic rings. The lowest BCUT2D eigenvalue weighted by Crippen LogP contribution is -2.07. The van der Waals surface area contributed by atoms with Crippen molar-refractivity contribution in [2.45, 2.75) is 0 Å². The van der Waals surface area contributed by atoms with Gasteiger partial charge in [-0.15, -0.1) is 0 Å². The maximum Gasteiger partial charge on any atom is 0.238 e. The van der Waals surface area contributed by atoms with E-state index < -0.39 is 0 Å². The van der Waals surface area contributed by atoms with Crippen LogP contribution in [0.5, 0.6) is 0 Å². The van der Waals surface area contributed by atoms with E-state index in [0.717, 1.165) is 87.9 Å². The predicted molar refractivity (Wildman–Crippen MR) is 205 cm³/mol. The zero-order valence-corrected chi connectivity index (χ0v) is 27.1. The summed E-state index contributed by atoms with van der Waals surface area (Å²) in [6.45, 7) is 0. The predicted octanol–water partition coefficient (Wildman–Crippen LogP) is 11.8. The normalized spacial score (nSPS) is 11.9. The van der Waals surface area contributed by atoms with E-state index in [1.165, 1.54) is 0 Å². The Balaban J connectivity index is 1.26. The summed E-state index contributed by atoms with van der Waals surface area (Å²) in [4.78, 5) is 15.7. The molecule has 0 unspecified atom stereocenters. The smallest absolute Gasteiger partial charge is 0.238 e. The number of fused-ring (bicyclic) bond motifs is 9. The van der Waals surface area contributed by atoms with Gasteiger partial charge in [0.25, 0.3) is 0 Å². The van der Waals surface area contributed by atoms with Gasteiger partial charge in [-0.1, -0.05) is 127 Å². The highest BCUT2D eigenvalue weighted by molar-refractivity contribution is 6.19. The summed E-state index contributed by atoms with van der Waals surface area (Å²) >= 11 is 0. The minimum atomic E-state index is 0.534. The Labute approximate surface area is 290 Å². The van der Waals surface area contributed by atoms with Gasteiger partial charge in [-0.25, -0.2) is 4.98 Å². The van der Waals surface area contributed by atoms with Crippen LogP contribution in [0.3, 0.4) is 0 Å². The van der Waals surface area contributed by atoms with Crippen molar-refractivity contribution < 1.29 is 8.83 Å². The lowest BCUT2D eigenvalue weighted by atomic mass is 9.97. The topological polar surface area (TPSA) is 69.9 Å². The number of hydrogen-bond acceptors (Lipinski definition) is 5. The Morgan fingerprint density at radius 2 is 0.902 bits per heavy atom. The van der Waals surface area contributed by atoms with Crippen molar-refractivity contribution in [2.24, 2.45) is 0 Å². The number of nitrogens with zero attached hydrogens (tertiary/aromatic N) is 4. The summed E-state index contributed by atoms with van der Waals surface area (Å²) in [5.41, 5.74) is 9.28. The van der Waals surface area contributed by atoms with E-state index in [1.807, 2.05) is 78.9 Å². The number of aromatic nitrogens is 4. The molecule has 11 rings (SSSR count). The fourth-order valence-corrected chi connectivity index (χ4v) is 7.71. The van der Waals surface area contributed by atoms with Crippen LogP contribution in [0.15, 0.2) is 167 Å². The van der Waals surface area contributed by atoms with Crippen molar-refractivity contribution >= 4 is 65.7 Å². The maximum absolute atomic E-state index is 6.34. The molecule has 0 aliphatic rings. The molecule has 0 spiro atoms. The van der Waals surface area contributed by atoms with Gasteiger partial charge in [0.1, 0.15) is 22.3 Å². The molecular formula is C45H26N4O2. The molecule has 7 aromatic carbocycles. The zero-order valence-electron chi connectivity index (χ0n) is 27.1. The molecule has 51 heavy (non-hydrogen) atoms. The summed E-state index contributed by atoms with van der Waals surface area (Å²) < 4.78 is 14.8. The average molecular weight is 655 g/mol. The van der Waals surface area contributed by atoms with Crippen LogP contribution in [0.25, 0.3) is 106 Å². The number of para-hydroxylation sites is 4. The Kier molecular flexibility index (Phi) is 5.86. The first-order valence-corrected chi connectivity index (χ1v) is 17.0. The molecule has 0 bridgehead atoms. The third-order valence-electron chi connectivity index (χ3n) is 9.89. The van der Waals surface area contributed by atoms with Crippen LogP contribution in [0, 0.1) is 0 Å². The third-order valence-corrected chi connectivity index (χ3v) is 9.89. The number of rotatable bonds is 4. The molecule has 238 valence electrons. The van der Waals surface area contributed by atoms with E-state index in [2.05, 4.69) is 83.4 Å². The first kappa shape index (κ1) is 27.9. The van der Waals surface area contributed by atoms with Crippen LogP contribution in [0.4, 0.5) is 0 Å². The molecule has 0 amide bonds. The molecule has 0 fully saturated rings. The van der Waals surface area contributed by atoms with Crippen molar-refractivity contribution in [3.8, 4) is 39.9 Å². The van der Waals surface area contributed by atoms with Crippen LogP contribution >= 0.6 is 0 Å². The molecule has 6 nitrogen and oxygen atoms in total. The van der Waals surface area contributed by atoms with Crippen molar-refractivity contribution in [1.82, 2.24) is 19.5 Å². The summed E-state index contributed by atoms with van der Waals surface area (Å²) in [5.74, 6) is 1.70. The second kappa shape index (κ2) is 10.7. The van der Waals surface area contributed by atoms with Crippen molar-refractivity contribution in [1.29, 1.82) is 0 Å². The van der Waals surface area contributed by atoms with Gasteiger partial charge in [0.15, 0.2) is 11.6 Å². The van der Waals surface area contributed by atoms with E-state index in [-0.39, 0.29) is 0 Å². The third kappa shape index (κ3) is 4.14. The molecule has 0 saturated heterocycles. The van der Waals surface area contributed by atoms with E-state index in [0.29, 0.717) is 17.6 Å². The fraction of sp³-hybridized carbons (Fsp3) is 0. The minimum absolute atomic E-state index is 0.534. The first-order chi connectivity index (χ1) is 25.3. The monoisotopic (exact) mass is 654 g/mol. The van der Waals surface area contributed by atoms with Crippen molar-refractivity contribution in [3.63, 3.8) is 0 Å². The van der Waals surface area contributed by atoms with Gasteiger partial charge in [0.05, 0.1) is 11.0 Å². The van der Waals surface area contributed by atoms with Crippen LogP contribution in [-0.4, -0.2) is 19.5 Å². The number of furan rings is 2. The average Bonchev–Trinajstić information content (AvgIpc) is 3.88. The van der Waals surface area contributed by atoms with Crippen LogP contribution < -0.4 is 0 Å². The number of hydrogen-bond donors (Lipinski definition) is 0. The van der Waals surface area contributed by atoms with Crippen LogP contribution in [0.2, 0.25) is 0 Å². The Hall–Kier alpha value is -7.05. The van der Waals surface area contributed by atoms with Crippen LogP contribution in [0.1, 0.15) is 0 Å². The van der Waals surface area contributed by atoms with E-state index >= 15 is 0 Å². The second-order valence-electron chi connectivity index (χ2n) is 12.8. The zero-order chi connectivity index (χ0) is 33.5. The largest absolute Gasteiger partial charge is 0.456 e. The van der Waals surface area contributed by atoms with Gasteiger partial charge in [-0.2, -0.15) is 9.97 Å². The molecule has 0 radical (unpaired) electrons. The molecule has 0 N–H and O–H groups in total. The fourth-order valence-electron chi connectivity index (χ4n) is 7.71. The van der Waals surface area contributed by atoms with E-state index in [4.69, 9.17) is 23.8 Å². The minimum Gasteiger partial charge on any atom is -0.456 e. The highest BCUT2D eigenvalue weighted by Crippen LogP contribution is 2.43. The van der Waals surface area contributed by atoms with Gasteiger partial charge in [-0.05, 0) is 35.9 Å². The van der Waals surface area contributed by atoms with Gasteiger partial charge >= 0.3 is 0 Å². The summed E-state index contributed by atoms with van der Waals surface area (Å²) in [7, 11) is 0. The van der Waals surface area contributed by atoms with Gasteiger partial charge in [0, 0.05) is 49.0 Å². The van der Waals surface area contributed by atoms with Crippen LogP contribution in [-0.2, 0) is 0 Å². The lowest BCUT2D eigenvalue weighted by molar-refractivity contribution is 0.668. The second-order valence-corrected chi connectivity index (χ2v) is 12.8. The van der Waals surface area contributed by atoms with Crippen molar-refractivity contribution in [2.75, 3.05) is 0 Å². The molecule has 0 aliphatic heterocycles. The molecule has 0 saturated carbocycles. The van der Waals surface area contributed by atoms with Crippen molar-refractivity contribution in [3.05, 3.63) is 158 Å². The molecule has 6 heteroatoms. The Morgan fingerprint density at radius 3 is 1.65 bits per heavy atom. The quantitative estimate of drug-likeness (QED) is 0.189. The highest BCUT2D eigenvalue weighted by atomic mass is 16.3. The molecule has 0 aliphatic carbocycles. The van der Waals surface area contributed by atoms with E-state index in [1.54, 1.807) is 0 Å². The molecular weight excluding hydrogens is 629 g/mol. The van der Waals surface area contributed by atoms with Gasteiger partial charge < -0.3 is 8.83 Å². The van der Waals surface area contributed by atoms with E-state index in [9.17, 15) is 0 Å². The SMILES string of the molecule is c1ccc(-c2nc(-c3cccc4oc5ccccc5c34)nc(-n3c4ccccc4c4cccc(-c5cccc6oc7ccccc7c56)c43)n2)cc1. The van der Waals surface area contributed by atoms with Gasteiger partial charge in [-0.3, -0.25) is 4.57 Å². The summed E-state index contributed by atoms with van der Waals surface area (Å²) in [5, 5.41) is 6.38. The lowest BCUT2D eigenvalue weighted by Gasteiger charge is -2.13. The first-order valence-electron chi connectivity index (χ1n) is 17.0. The highest BCUT2D eigenvalue weighted by Gasteiger charge is 2.23. The number of benzene rings is 7. The summed E-state index contributed by atoms with van der Waals surface area (Å²) in [6, 6.07) is 53.8. The Bertz CT molecular complexity index is 3150.